The third-order valence-electron chi connectivity index (χ3n) is 7.35. The molecule has 0 spiro atoms. The number of carbonyl (C=O) groups excluding carboxylic acids is 1. The Labute approximate surface area is 331 Å². The van der Waals surface area contributed by atoms with Crippen molar-refractivity contribution in [2.24, 2.45) is 5.73 Å². The molecule has 0 aromatic heterocycles. The highest BCUT2D eigenvalue weighted by molar-refractivity contribution is 5.94. The predicted octanol–water partition coefficient (Wildman–Crippen LogP) is -0.809. The molecule has 8 N–H and O–H groups in total. The summed E-state index contributed by atoms with van der Waals surface area (Å²) in [5.74, 6) is 53.4. The van der Waals surface area contributed by atoms with Crippen molar-refractivity contribution in [2.45, 2.75) is 114 Å². The van der Waals surface area contributed by atoms with Crippen molar-refractivity contribution in [3.63, 3.8) is 0 Å². The quantitative estimate of drug-likeness (QED) is 0.0690. The average molecular weight is 759 g/mol. The van der Waals surface area contributed by atoms with Crippen LogP contribution < -0.4 is 11.1 Å². The molecule has 11 nitrogen and oxygen atoms in total. The standard InChI is InChI=1S/C45H46N2O9/c1-3-5-7-8-9-10-11-12-13-14-15-16-17-18-19-20-21-22-23-24-28-32-40(49)47-37(41(50)38(48)31-27-6-4-2)35-55-45-44(53)43(52)42(51)39(56-45)36-54-34-30-26-25-29-33-46/h37-39,41-45,48,50-53H,4,6,25-27,29-31,33-36,46H2,1-2H3,(H,47,49)/t37-,38+,39?,41-,42?,43?,44?,45?/m0/s1. The summed E-state index contributed by atoms with van der Waals surface area (Å²) in [5.41, 5.74) is 5.51. The van der Waals surface area contributed by atoms with Gasteiger partial charge in [-0.25, -0.2) is 0 Å². The Bertz CT molecular complexity index is 1970. The van der Waals surface area contributed by atoms with Gasteiger partial charge in [0, 0.05) is 36.2 Å². The minimum atomic E-state index is -1.66. The van der Waals surface area contributed by atoms with Crippen molar-refractivity contribution in [3.05, 3.63) is 0 Å². The molecule has 1 aliphatic heterocycles. The van der Waals surface area contributed by atoms with E-state index in [-0.39, 0.29) is 13.0 Å². The molecule has 1 aliphatic rings. The molecule has 0 aliphatic carbocycles. The average Bonchev–Trinajstić information content (AvgIpc) is 3.19. The lowest BCUT2D eigenvalue weighted by Crippen LogP contribution is -2.60. The van der Waals surface area contributed by atoms with E-state index in [9.17, 15) is 30.3 Å². The fourth-order valence-corrected chi connectivity index (χ4v) is 4.48. The number of aliphatic hydroxyl groups is 5. The third-order valence-corrected chi connectivity index (χ3v) is 7.35. The maximum Gasteiger partial charge on any atom is 0.297 e. The van der Waals surface area contributed by atoms with Gasteiger partial charge in [0.1, 0.15) is 30.5 Å². The first-order chi connectivity index (χ1) is 27.3. The van der Waals surface area contributed by atoms with E-state index in [1.165, 1.54) is 0 Å². The van der Waals surface area contributed by atoms with E-state index in [1.807, 2.05) is 6.92 Å². The summed E-state index contributed by atoms with van der Waals surface area (Å²) in [6.07, 6.45) is -3.69. The molecule has 0 saturated carbocycles. The van der Waals surface area contributed by atoms with E-state index in [0.29, 0.717) is 19.6 Å². The van der Waals surface area contributed by atoms with Gasteiger partial charge < -0.3 is 50.8 Å². The first-order valence-corrected chi connectivity index (χ1v) is 17.9. The molecule has 5 unspecified atom stereocenters. The molecular weight excluding hydrogens is 713 g/mol. The van der Waals surface area contributed by atoms with Crippen molar-refractivity contribution in [2.75, 3.05) is 26.4 Å². The molecule has 0 aromatic rings. The maximum atomic E-state index is 12.6. The van der Waals surface area contributed by atoms with Crippen LogP contribution >= 0.6 is 0 Å². The van der Waals surface area contributed by atoms with Crippen LogP contribution in [0, 0.1) is 130 Å². The van der Waals surface area contributed by atoms with Gasteiger partial charge in [0.2, 0.25) is 0 Å². The fourth-order valence-electron chi connectivity index (χ4n) is 4.48. The minimum Gasteiger partial charge on any atom is -0.390 e. The number of amides is 1. The van der Waals surface area contributed by atoms with Gasteiger partial charge in [-0.2, -0.15) is 0 Å². The van der Waals surface area contributed by atoms with Gasteiger partial charge in [-0.05, 0) is 127 Å². The number of unbranched alkanes of at least 4 members (excludes halogenated alkanes) is 5. The number of rotatable bonds is 18. The molecule has 0 radical (unpaired) electrons. The highest BCUT2D eigenvalue weighted by Crippen LogP contribution is 2.23. The van der Waals surface area contributed by atoms with E-state index in [1.54, 1.807) is 6.92 Å². The molecule has 1 heterocycles. The highest BCUT2D eigenvalue weighted by Gasteiger charge is 2.45. The number of aliphatic hydroxyl groups excluding tert-OH is 5. The van der Waals surface area contributed by atoms with Gasteiger partial charge in [-0.1, -0.05) is 44.9 Å². The summed E-state index contributed by atoms with van der Waals surface area (Å²) < 4.78 is 17.0. The van der Waals surface area contributed by atoms with Crippen molar-refractivity contribution in [3.8, 4) is 130 Å². The van der Waals surface area contributed by atoms with Crippen LogP contribution in [0.5, 0.6) is 0 Å². The summed E-state index contributed by atoms with van der Waals surface area (Å²) in [5, 5.41) is 55.5. The van der Waals surface area contributed by atoms with E-state index in [0.717, 1.165) is 38.5 Å². The molecule has 56 heavy (non-hydrogen) atoms. The highest BCUT2D eigenvalue weighted by atomic mass is 16.7. The summed E-state index contributed by atoms with van der Waals surface area (Å²) in [7, 11) is 0. The first-order valence-electron chi connectivity index (χ1n) is 17.9. The molecule has 1 saturated heterocycles. The first kappa shape index (κ1) is 48.3. The Morgan fingerprint density at radius 2 is 1.21 bits per heavy atom. The van der Waals surface area contributed by atoms with Gasteiger partial charge >= 0.3 is 0 Å². The fraction of sp³-hybridized carbons (Fsp3) is 0.489. The molecule has 1 fully saturated rings. The van der Waals surface area contributed by atoms with Crippen LogP contribution in [0.1, 0.15) is 65.2 Å². The van der Waals surface area contributed by atoms with Crippen LogP contribution in [0.4, 0.5) is 0 Å². The van der Waals surface area contributed by atoms with Crippen molar-refractivity contribution in [1.82, 2.24) is 5.32 Å². The maximum absolute atomic E-state index is 12.6. The largest absolute Gasteiger partial charge is 0.390 e. The predicted molar refractivity (Wildman–Crippen MR) is 210 cm³/mol. The van der Waals surface area contributed by atoms with E-state index in [4.69, 9.17) is 19.9 Å². The molecule has 0 aromatic carbocycles. The molecular formula is C45H46N2O9. The van der Waals surface area contributed by atoms with E-state index >= 15 is 0 Å². The van der Waals surface area contributed by atoms with Crippen LogP contribution in [-0.4, -0.2) is 107 Å². The summed E-state index contributed by atoms with van der Waals surface area (Å²) >= 11 is 0. The zero-order chi connectivity index (χ0) is 41.1. The minimum absolute atomic E-state index is 0.0733. The van der Waals surface area contributed by atoms with Crippen molar-refractivity contribution in [1.29, 1.82) is 0 Å². The molecule has 1 amide bonds. The Morgan fingerprint density at radius 3 is 1.73 bits per heavy atom. The number of hydrogen-bond donors (Lipinski definition) is 7. The number of carbonyl (C=O) groups is 1. The molecule has 11 heteroatoms. The molecule has 290 valence electrons. The monoisotopic (exact) mass is 758 g/mol. The van der Waals surface area contributed by atoms with E-state index in [2.05, 4.69) is 136 Å². The van der Waals surface area contributed by atoms with Crippen LogP contribution in [0.25, 0.3) is 0 Å². The Kier molecular flexibility index (Phi) is 28.2. The third kappa shape index (κ3) is 23.1. The van der Waals surface area contributed by atoms with Gasteiger partial charge in [-0.15, -0.1) is 0 Å². The lowest BCUT2D eigenvalue weighted by molar-refractivity contribution is -0.304. The van der Waals surface area contributed by atoms with Gasteiger partial charge in [0.15, 0.2) is 6.29 Å². The zero-order valence-electron chi connectivity index (χ0n) is 31.6. The molecule has 0 bridgehead atoms. The summed E-state index contributed by atoms with van der Waals surface area (Å²) in [6.45, 7) is 4.17. The Balaban J connectivity index is 2.82. The van der Waals surface area contributed by atoms with Crippen LogP contribution in [0.15, 0.2) is 0 Å². The summed E-state index contributed by atoms with van der Waals surface area (Å²) in [4.78, 5) is 12.6. The number of nitrogens with two attached hydrogens (primary N) is 1. The summed E-state index contributed by atoms with van der Waals surface area (Å²) in [6, 6.07) is -1.21. The van der Waals surface area contributed by atoms with Gasteiger partial charge in [0.05, 0.1) is 25.4 Å². The van der Waals surface area contributed by atoms with Crippen LogP contribution in [-0.2, 0) is 19.0 Å². The second-order valence-corrected chi connectivity index (χ2v) is 11.6. The normalized spacial score (nSPS) is 18.5. The Morgan fingerprint density at radius 1 is 0.696 bits per heavy atom. The second-order valence-electron chi connectivity index (χ2n) is 11.6. The van der Waals surface area contributed by atoms with E-state index < -0.39 is 61.5 Å². The lowest BCUT2D eigenvalue weighted by atomic mass is 9.99. The number of nitrogens with one attached hydrogen (secondary N) is 1. The van der Waals surface area contributed by atoms with Gasteiger partial charge in [-0.3, -0.25) is 4.79 Å². The molecule has 1 rings (SSSR count). The van der Waals surface area contributed by atoms with Crippen molar-refractivity contribution < 1.29 is 44.5 Å². The number of hydrogen-bond acceptors (Lipinski definition) is 10. The zero-order valence-corrected chi connectivity index (χ0v) is 31.6. The van der Waals surface area contributed by atoms with Crippen LogP contribution in [0.3, 0.4) is 0 Å². The van der Waals surface area contributed by atoms with Gasteiger partial charge in [0.25, 0.3) is 5.91 Å². The van der Waals surface area contributed by atoms with Crippen molar-refractivity contribution >= 4 is 5.91 Å². The topological polar surface area (TPSA) is 184 Å². The lowest BCUT2D eigenvalue weighted by Gasteiger charge is -2.40. The SMILES string of the molecule is CC#CC#CC#CC#CC#CC#CC#CC#CC#CC#CC#CC(=O)N[C@@H](COC1OC(COCCCCCCN)C(O)C(O)C1O)[C@H](O)[C@H](O)CCCCC. The Hall–Kier alpha value is -5.73. The second kappa shape index (κ2) is 32.7. The number of ether oxygens (including phenoxy) is 3. The van der Waals surface area contributed by atoms with Crippen LogP contribution in [0.2, 0.25) is 0 Å². The molecule has 8 atom stereocenters. The smallest absolute Gasteiger partial charge is 0.297 e.